The minimum Gasteiger partial charge on any atom is -0.463 e. The number of unbranched alkanes of at least 4 members (excludes halogenated alkanes) is 10. The number of ether oxygens (including phenoxy) is 1. The second-order valence-electron chi connectivity index (χ2n) is 9.96. The fraction of sp³-hybridized carbons (Fsp3) is 0.484. The highest BCUT2D eigenvalue weighted by Crippen LogP contribution is 2.33. The summed E-state index contributed by atoms with van der Waals surface area (Å²) in [6.07, 6.45) is 15.2. The van der Waals surface area contributed by atoms with Crippen LogP contribution < -0.4 is 21.5 Å². The Morgan fingerprint density at radius 3 is 1.95 bits per heavy atom. The Balaban J connectivity index is 1.90. The molecule has 2 rings (SSSR count). The van der Waals surface area contributed by atoms with E-state index in [9.17, 15) is 9.59 Å². The van der Waals surface area contributed by atoms with Gasteiger partial charge in [0.05, 0.1) is 39.1 Å². The average Bonchev–Trinajstić information content (AvgIpc) is 2.93. The Hall–Kier alpha value is -2.32. The molecule has 0 saturated heterocycles. The van der Waals surface area contributed by atoms with Gasteiger partial charge in [0.1, 0.15) is 5.82 Å². The number of carbonyl (C=O) groups excluding carboxylic acids is 2. The van der Waals surface area contributed by atoms with E-state index in [2.05, 4.69) is 28.4 Å². The van der Waals surface area contributed by atoms with Gasteiger partial charge >= 0.3 is 5.97 Å². The summed E-state index contributed by atoms with van der Waals surface area (Å²) >= 11 is 24.9. The summed E-state index contributed by atoms with van der Waals surface area (Å²) in [4.78, 5) is 24.8. The van der Waals surface area contributed by atoms with Crippen LogP contribution in [0.3, 0.4) is 0 Å². The summed E-state index contributed by atoms with van der Waals surface area (Å²) in [5.74, 6) is -0.453. The Morgan fingerprint density at radius 1 is 0.762 bits per heavy atom. The highest BCUT2D eigenvalue weighted by Gasteiger charge is 2.12. The number of anilines is 3. The average molecular weight is 661 g/mol. The van der Waals surface area contributed by atoms with Crippen LogP contribution in [0, 0.1) is 0 Å². The zero-order chi connectivity index (χ0) is 30.7. The lowest BCUT2D eigenvalue weighted by Gasteiger charge is -2.18. The van der Waals surface area contributed by atoms with Gasteiger partial charge in [-0.25, -0.2) is 4.79 Å². The molecular formula is C31H42Cl4N4O3. The fourth-order valence-corrected chi connectivity index (χ4v) is 5.29. The third-order valence-electron chi connectivity index (χ3n) is 6.40. The molecular weight excluding hydrogens is 618 g/mol. The Labute approximate surface area is 270 Å². The zero-order valence-electron chi connectivity index (χ0n) is 24.4. The van der Waals surface area contributed by atoms with Crippen molar-refractivity contribution in [3.05, 3.63) is 62.3 Å². The van der Waals surface area contributed by atoms with E-state index in [1.807, 2.05) is 0 Å². The van der Waals surface area contributed by atoms with E-state index >= 15 is 0 Å². The molecule has 0 aliphatic rings. The summed E-state index contributed by atoms with van der Waals surface area (Å²) < 4.78 is 5.04. The van der Waals surface area contributed by atoms with Gasteiger partial charge in [-0.3, -0.25) is 15.6 Å². The third kappa shape index (κ3) is 14.2. The minimum absolute atomic E-state index is 0.0618. The lowest BCUT2D eigenvalue weighted by molar-refractivity contribution is -0.137. The summed E-state index contributed by atoms with van der Waals surface area (Å²) in [7, 11) is 0. The molecule has 11 heteroatoms. The second-order valence-corrected chi connectivity index (χ2v) is 11.6. The van der Waals surface area contributed by atoms with Crippen molar-refractivity contribution in [2.24, 2.45) is 0 Å². The van der Waals surface area contributed by atoms with Crippen LogP contribution in [0.15, 0.2) is 42.2 Å². The number of carbonyl (C=O) groups is 2. The summed E-state index contributed by atoms with van der Waals surface area (Å²) in [6, 6.07) is 8.12. The molecule has 0 aromatic heterocycles. The molecule has 1 amide bonds. The topological polar surface area (TPSA) is 91.5 Å². The molecule has 0 aliphatic carbocycles. The Morgan fingerprint density at radius 2 is 1.36 bits per heavy atom. The van der Waals surface area contributed by atoms with Crippen molar-refractivity contribution in [3.8, 4) is 0 Å². The van der Waals surface area contributed by atoms with Gasteiger partial charge in [0, 0.05) is 17.1 Å². The first-order chi connectivity index (χ1) is 20.2. The van der Waals surface area contributed by atoms with Gasteiger partial charge in [-0.1, -0.05) is 118 Å². The third-order valence-corrected chi connectivity index (χ3v) is 7.55. The molecule has 2 aromatic carbocycles. The first-order valence-electron chi connectivity index (χ1n) is 14.6. The monoisotopic (exact) mass is 658 g/mol. The number of benzene rings is 2. The standard InChI is InChI=1S/C31H42Cl4N4O3/c1-3-5-6-7-8-9-10-11-12-13-14-15-29(40)36-23-16-17-24(33)27(20-23)37-28(21-30(41)42-4-2)38-39-31-25(34)18-22(32)19-26(31)35/h16-21,37-39H,3-15H2,1-2H3,(H,36,40). The molecule has 0 unspecified atom stereocenters. The van der Waals surface area contributed by atoms with Crippen molar-refractivity contribution in [3.63, 3.8) is 0 Å². The minimum atomic E-state index is -0.588. The van der Waals surface area contributed by atoms with Crippen molar-refractivity contribution < 1.29 is 14.3 Å². The molecule has 0 spiro atoms. The van der Waals surface area contributed by atoms with Gasteiger partial charge in [0.2, 0.25) is 5.91 Å². The normalized spacial score (nSPS) is 11.2. The van der Waals surface area contributed by atoms with Crippen LogP contribution in [0.4, 0.5) is 17.1 Å². The second kappa shape index (κ2) is 20.6. The van der Waals surface area contributed by atoms with Gasteiger partial charge in [0.25, 0.3) is 0 Å². The fourth-order valence-electron chi connectivity index (χ4n) is 4.21. The molecule has 0 bridgehead atoms. The van der Waals surface area contributed by atoms with Crippen LogP contribution in [0.5, 0.6) is 0 Å². The molecule has 42 heavy (non-hydrogen) atoms. The lowest BCUT2D eigenvalue weighted by Crippen LogP contribution is -2.27. The number of halogens is 4. The Kier molecular flexibility index (Phi) is 17.6. The first kappa shape index (κ1) is 35.9. The molecule has 0 heterocycles. The van der Waals surface area contributed by atoms with E-state index in [0.29, 0.717) is 33.5 Å². The number of rotatable bonds is 20. The van der Waals surface area contributed by atoms with E-state index in [1.54, 1.807) is 25.1 Å². The van der Waals surface area contributed by atoms with Crippen molar-refractivity contribution in [1.29, 1.82) is 0 Å². The summed E-state index contributed by atoms with van der Waals surface area (Å²) in [5.41, 5.74) is 7.11. The molecule has 2 aromatic rings. The van der Waals surface area contributed by atoms with Gasteiger partial charge in [-0.15, -0.1) is 0 Å². The van der Waals surface area contributed by atoms with Crippen molar-refractivity contribution in [2.75, 3.05) is 22.7 Å². The quantitative estimate of drug-likeness (QED) is 0.0489. The number of amides is 1. The van der Waals surface area contributed by atoms with E-state index in [-0.39, 0.29) is 28.4 Å². The maximum atomic E-state index is 12.6. The molecule has 0 saturated carbocycles. The molecule has 4 N–H and O–H groups in total. The predicted molar refractivity (Wildman–Crippen MR) is 178 cm³/mol. The maximum Gasteiger partial charge on any atom is 0.334 e. The van der Waals surface area contributed by atoms with Crippen molar-refractivity contribution in [1.82, 2.24) is 5.43 Å². The van der Waals surface area contributed by atoms with Crippen LogP contribution in [0.1, 0.15) is 90.9 Å². The molecule has 0 atom stereocenters. The number of nitrogens with one attached hydrogen (secondary N) is 4. The van der Waals surface area contributed by atoms with Gasteiger partial charge in [-0.2, -0.15) is 0 Å². The van der Waals surface area contributed by atoms with Crippen molar-refractivity contribution in [2.45, 2.75) is 90.9 Å². The van der Waals surface area contributed by atoms with E-state index in [1.165, 1.54) is 69.6 Å². The molecule has 7 nitrogen and oxygen atoms in total. The molecule has 0 aliphatic heterocycles. The molecule has 232 valence electrons. The predicted octanol–water partition coefficient (Wildman–Crippen LogP) is 10.4. The van der Waals surface area contributed by atoms with Crippen LogP contribution >= 0.6 is 46.4 Å². The summed E-state index contributed by atoms with van der Waals surface area (Å²) in [6.45, 7) is 4.15. The number of hydrogen-bond acceptors (Lipinski definition) is 6. The van der Waals surface area contributed by atoms with Crippen LogP contribution in [0.2, 0.25) is 20.1 Å². The smallest absolute Gasteiger partial charge is 0.334 e. The van der Waals surface area contributed by atoms with E-state index in [4.69, 9.17) is 51.1 Å². The van der Waals surface area contributed by atoms with E-state index in [0.717, 1.165) is 19.3 Å². The lowest BCUT2D eigenvalue weighted by atomic mass is 10.1. The van der Waals surface area contributed by atoms with Gasteiger partial charge in [0.15, 0.2) is 0 Å². The number of esters is 1. The first-order valence-corrected chi connectivity index (χ1v) is 16.2. The van der Waals surface area contributed by atoms with Crippen LogP contribution in [0.25, 0.3) is 0 Å². The highest BCUT2D eigenvalue weighted by atomic mass is 35.5. The van der Waals surface area contributed by atoms with Crippen LogP contribution in [-0.4, -0.2) is 18.5 Å². The largest absolute Gasteiger partial charge is 0.463 e. The number of hydrazine groups is 1. The molecule has 0 radical (unpaired) electrons. The maximum absolute atomic E-state index is 12.6. The molecule has 0 fully saturated rings. The van der Waals surface area contributed by atoms with Crippen LogP contribution in [-0.2, 0) is 14.3 Å². The zero-order valence-corrected chi connectivity index (χ0v) is 27.4. The highest BCUT2D eigenvalue weighted by molar-refractivity contribution is 6.41. The SMILES string of the molecule is CCCCCCCCCCCCCC(=O)Nc1ccc(Cl)c(NC(=CC(=O)OCC)NNc2c(Cl)cc(Cl)cc2Cl)c1. The van der Waals surface area contributed by atoms with Crippen molar-refractivity contribution >= 4 is 75.3 Å². The van der Waals surface area contributed by atoms with Gasteiger partial charge in [-0.05, 0) is 43.7 Å². The van der Waals surface area contributed by atoms with Gasteiger partial charge < -0.3 is 15.4 Å². The summed E-state index contributed by atoms with van der Waals surface area (Å²) in [5, 5.41) is 7.28. The number of hydrogen-bond donors (Lipinski definition) is 4. The van der Waals surface area contributed by atoms with E-state index < -0.39 is 5.97 Å². The Bertz CT molecular complexity index is 1150.